The summed E-state index contributed by atoms with van der Waals surface area (Å²) in [5.74, 6) is -0.395. The van der Waals surface area contributed by atoms with Crippen LogP contribution in [0.3, 0.4) is 0 Å². The van der Waals surface area contributed by atoms with Crippen molar-refractivity contribution in [3.8, 4) is 0 Å². The van der Waals surface area contributed by atoms with E-state index in [2.05, 4.69) is 16.0 Å². The molecule has 2 amide bonds. The first-order valence-electron chi connectivity index (χ1n) is 9.21. The van der Waals surface area contributed by atoms with Gasteiger partial charge in [0.2, 0.25) is 5.91 Å². The van der Waals surface area contributed by atoms with Crippen molar-refractivity contribution in [3.05, 3.63) is 64.7 Å². The Bertz CT molecular complexity index is 861. The van der Waals surface area contributed by atoms with Crippen LogP contribution in [0, 0.1) is 0 Å². The number of benzene rings is 2. The number of halogens is 1. The Morgan fingerprint density at radius 2 is 1.93 bits per heavy atom. The summed E-state index contributed by atoms with van der Waals surface area (Å²) >= 11 is 11.3. The zero-order chi connectivity index (χ0) is 21.1. The van der Waals surface area contributed by atoms with E-state index in [1.165, 1.54) is 0 Å². The number of ether oxygens (including phenoxy) is 1. The molecule has 0 atom stereocenters. The van der Waals surface area contributed by atoms with Gasteiger partial charge in [0.15, 0.2) is 5.11 Å². The molecule has 0 aliphatic carbocycles. The van der Waals surface area contributed by atoms with E-state index >= 15 is 0 Å². The smallest absolute Gasteiger partial charge is 0.251 e. The van der Waals surface area contributed by atoms with Gasteiger partial charge in [-0.25, -0.2) is 0 Å². The molecule has 0 unspecified atom stereocenters. The average molecular weight is 434 g/mol. The van der Waals surface area contributed by atoms with Crippen molar-refractivity contribution >= 4 is 46.4 Å². The Balaban J connectivity index is 1.81. The molecule has 8 heteroatoms. The van der Waals surface area contributed by atoms with Crippen LogP contribution in [-0.2, 0) is 16.0 Å². The first kappa shape index (κ1) is 22.8. The van der Waals surface area contributed by atoms with Crippen LogP contribution in [0.5, 0.6) is 0 Å². The Labute approximate surface area is 181 Å². The minimum Gasteiger partial charge on any atom is -0.385 e. The predicted molar refractivity (Wildman–Crippen MR) is 119 cm³/mol. The van der Waals surface area contributed by atoms with Crippen LogP contribution in [0.2, 0.25) is 5.02 Å². The average Bonchev–Trinajstić information content (AvgIpc) is 2.70. The summed E-state index contributed by atoms with van der Waals surface area (Å²) < 4.78 is 4.96. The number of hydrogen-bond acceptors (Lipinski definition) is 4. The second kappa shape index (κ2) is 12.2. The highest BCUT2D eigenvalue weighted by Crippen LogP contribution is 2.16. The molecule has 29 heavy (non-hydrogen) atoms. The van der Waals surface area contributed by atoms with Gasteiger partial charge in [0.1, 0.15) is 0 Å². The van der Waals surface area contributed by atoms with E-state index in [1.54, 1.807) is 37.4 Å². The molecule has 0 saturated heterocycles. The standard InChI is InChI=1S/C21H24ClN3O3S/c1-28-13-5-12-23-20(27)16-7-4-8-17(14-16)24-21(29)25-19(26)11-10-15-6-2-3-9-18(15)22/h2-4,6-9,14H,5,10-13H2,1H3,(H,23,27)(H2,24,25,26,29). The lowest BCUT2D eigenvalue weighted by atomic mass is 10.1. The molecule has 154 valence electrons. The van der Waals surface area contributed by atoms with Crippen molar-refractivity contribution in [1.29, 1.82) is 0 Å². The predicted octanol–water partition coefficient (Wildman–Crippen LogP) is 3.55. The zero-order valence-corrected chi connectivity index (χ0v) is 17.7. The normalized spacial score (nSPS) is 10.3. The maximum Gasteiger partial charge on any atom is 0.251 e. The lowest BCUT2D eigenvalue weighted by Gasteiger charge is -2.11. The largest absolute Gasteiger partial charge is 0.385 e. The van der Waals surface area contributed by atoms with E-state index in [0.29, 0.717) is 35.8 Å². The molecule has 0 fully saturated rings. The zero-order valence-electron chi connectivity index (χ0n) is 16.2. The fourth-order valence-corrected chi connectivity index (χ4v) is 3.02. The maximum absolute atomic E-state index is 12.2. The van der Waals surface area contributed by atoms with Gasteiger partial charge in [-0.15, -0.1) is 0 Å². The van der Waals surface area contributed by atoms with Crippen molar-refractivity contribution in [2.24, 2.45) is 0 Å². The maximum atomic E-state index is 12.2. The van der Waals surface area contributed by atoms with Crippen molar-refractivity contribution in [2.75, 3.05) is 25.6 Å². The molecule has 3 N–H and O–H groups in total. The van der Waals surface area contributed by atoms with Gasteiger partial charge < -0.3 is 20.7 Å². The number of aryl methyl sites for hydroxylation is 1. The Morgan fingerprint density at radius 3 is 2.69 bits per heavy atom. The summed E-state index contributed by atoms with van der Waals surface area (Å²) in [5, 5.41) is 9.20. The fraction of sp³-hybridized carbons (Fsp3) is 0.286. The summed E-state index contributed by atoms with van der Waals surface area (Å²) in [7, 11) is 1.62. The van der Waals surface area contributed by atoms with Gasteiger partial charge in [-0.1, -0.05) is 35.9 Å². The van der Waals surface area contributed by atoms with Crippen molar-refractivity contribution < 1.29 is 14.3 Å². The first-order chi connectivity index (χ1) is 14.0. The number of anilines is 1. The summed E-state index contributed by atoms with van der Waals surface area (Å²) in [5.41, 5.74) is 2.03. The van der Waals surface area contributed by atoms with Crippen LogP contribution in [-0.4, -0.2) is 37.2 Å². The van der Waals surface area contributed by atoms with Crippen LogP contribution in [0.1, 0.15) is 28.8 Å². The van der Waals surface area contributed by atoms with Gasteiger partial charge in [-0.2, -0.15) is 0 Å². The van der Waals surface area contributed by atoms with Crippen LogP contribution in [0.25, 0.3) is 0 Å². The number of rotatable bonds is 9. The van der Waals surface area contributed by atoms with Crippen molar-refractivity contribution in [2.45, 2.75) is 19.3 Å². The molecule has 2 aromatic rings. The number of thiocarbonyl (C=S) groups is 1. The second-order valence-electron chi connectivity index (χ2n) is 6.28. The summed E-state index contributed by atoms with van der Waals surface area (Å²) in [4.78, 5) is 24.3. The molecule has 0 aliphatic rings. The van der Waals surface area contributed by atoms with Crippen LogP contribution >= 0.6 is 23.8 Å². The number of nitrogens with one attached hydrogen (secondary N) is 3. The highest BCUT2D eigenvalue weighted by Gasteiger charge is 2.09. The van der Waals surface area contributed by atoms with Crippen LogP contribution in [0.4, 0.5) is 5.69 Å². The van der Waals surface area contributed by atoms with Gasteiger partial charge in [0.25, 0.3) is 5.91 Å². The molecular formula is C21H24ClN3O3S. The molecule has 0 bridgehead atoms. The number of amides is 2. The third-order valence-corrected chi connectivity index (χ3v) is 4.60. The van der Waals surface area contributed by atoms with Crippen LogP contribution in [0.15, 0.2) is 48.5 Å². The minimum atomic E-state index is -0.213. The van der Waals surface area contributed by atoms with Gasteiger partial charge >= 0.3 is 0 Å². The molecule has 2 rings (SSSR count). The summed E-state index contributed by atoms with van der Waals surface area (Å²) in [6.07, 6.45) is 1.52. The van der Waals surface area contributed by atoms with Gasteiger partial charge in [0.05, 0.1) is 0 Å². The Hall–Kier alpha value is -2.48. The molecule has 0 aliphatic heterocycles. The third-order valence-electron chi connectivity index (χ3n) is 4.03. The molecule has 0 spiro atoms. The molecule has 0 aromatic heterocycles. The van der Waals surface area contributed by atoms with Gasteiger partial charge in [-0.3, -0.25) is 9.59 Å². The third kappa shape index (κ3) is 8.19. The van der Waals surface area contributed by atoms with Crippen LogP contribution < -0.4 is 16.0 Å². The molecule has 6 nitrogen and oxygen atoms in total. The lowest BCUT2D eigenvalue weighted by molar-refractivity contribution is -0.119. The van der Waals surface area contributed by atoms with Crippen molar-refractivity contribution in [1.82, 2.24) is 10.6 Å². The summed E-state index contributed by atoms with van der Waals surface area (Å²) in [6, 6.07) is 14.3. The second-order valence-corrected chi connectivity index (χ2v) is 7.09. The lowest BCUT2D eigenvalue weighted by Crippen LogP contribution is -2.34. The minimum absolute atomic E-state index is 0.173. The first-order valence-corrected chi connectivity index (χ1v) is 9.99. The molecule has 0 saturated carbocycles. The Morgan fingerprint density at radius 1 is 1.14 bits per heavy atom. The molecule has 0 heterocycles. The van der Waals surface area contributed by atoms with E-state index in [1.807, 2.05) is 18.2 Å². The van der Waals surface area contributed by atoms with Crippen molar-refractivity contribution in [3.63, 3.8) is 0 Å². The van der Waals surface area contributed by atoms with Gasteiger partial charge in [-0.05, 0) is 54.9 Å². The summed E-state index contributed by atoms with van der Waals surface area (Å²) in [6.45, 7) is 1.12. The highest BCUT2D eigenvalue weighted by molar-refractivity contribution is 7.80. The van der Waals surface area contributed by atoms with E-state index in [0.717, 1.165) is 12.0 Å². The Kier molecular flexibility index (Phi) is 9.56. The van der Waals surface area contributed by atoms with E-state index < -0.39 is 0 Å². The topological polar surface area (TPSA) is 79.5 Å². The van der Waals surface area contributed by atoms with E-state index in [9.17, 15) is 9.59 Å². The number of carbonyl (C=O) groups excluding carboxylic acids is 2. The number of hydrogen-bond donors (Lipinski definition) is 3. The highest BCUT2D eigenvalue weighted by atomic mass is 35.5. The molecular weight excluding hydrogens is 410 g/mol. The number of methoxy groups -OCH3 is 1. The quantitative estimate of drug-likeness (QED) is 0.416. The van der Waals surface area contributed by atoms with E-state index in [4.69, 9.17) is 28.6 Å². The monoisotopic (exact) mass is 433 g/mol. The SMILES string of the molecule is COCCCNC(=O)c1cccc(NC(=S)NC(=O)CCc2ccccc2Cl)c1. The molecule has 0 radical (unpaired) electrons. The number of carbonyl (C=O) groups is 2. The fourth-order valence-electron chi connectivity index (χ4n) is 2.56. The van der Waals surface area contributed by atoms with Gasteiger partial charge in [0, 0.05) is 43.0 Å². The van der Waals surface area contributed by atoms with E-state index in [-0.39, 0.29) is 23.3 Å². The molecule has 2 aromatic carbocycles.